The van der Waals surface area contributed by atoms with Gasteiger partial charge in [0.2, 0.25) is 0 Å². The van der Waals surface area contributed by atoms with Crippen molar-refractivity contribution in [2.75, 3.05) is 25.1 Å². The molecule has 0 aliphatic heterocycles. The summed E-state index contributed by atoms with van der Waals surface area (Å²) in [5.74, 6) is 0.557. The first-order chi connectivity index (χ1) is 10.0. The second kappa shape index (κ2) is 6.89. The van der Waals surface area contributed by atoms with Gasteiger partial charge >= 0.3 is 5.97 Å². The summed E-state index contributed by atoms with van der Waals surface area (Å²) in [7, 11) is 1.91. The van der Waals surface area contributed by atoms with Crippen molar-refractivity contribution in [1.29, 1.82) is 0 Å². The summed E-state index contributed by atoms with van der Waals surface area (Å²) in [6.07, 6.45) is 4.47. The SMILES string of the molecule is CN(CCOC(=O)[C@]1(C)CCCC[C@H]1O)c1ccccn1. The molecule has 0 bridgehead atoms. The minimum Gasteiger partial charge on any atom is -0.463 e. The number of carbonyl (C=O) groups excluding carboxylic acids is 1. The molecule has 5 nitrogen and oxygen atoms in total. The van der Waals surface area contributed by atoms with Gasteiger partial charge in [-0.1, -0.05) is 18.9 Å². The molecule has 0 radical (unpaired) electrons. The number of carbonyl (C=O) groups is 1. The molecule has 116 valence electrons. The number of likely N-dealkylation sites (N-methyl/N-ethyl adjacent to an activating group) is 1. The van der Waals surface area contributed by atoms with Gasteiger partial charge in [-0.05, 0) is 31.9 Å². The topological polar surface area (TPSA) is 62.7 Å². The van der Waals surface area contributed by atoms with E-state index in [1.807, 2.05) is 37.1 Å². The van der Waals surface area contributed by atoms with Crippen molar-refractivity contribution >= 4 is 11.8 Å². The van der Waals surface area contributed by atoms with Gasteiger partial charge in [0.25, 0.3) is 0 Å². The van der Waals surface area contributed by atoms with E-state index >= 15 is 0 Å². The van der Waals surface area contributed by atoms with Crippen LogP contribution in [0, 0.1) is 5.41 Å². The van der Waals surface area contributed by atoms with Crippen LogP contribution >= 0.6 is 0 Å². The lowest BCUT2D eigenvalue weighted by Gasteiger charge is -2.36. The summed E-state index contributed by atoms with van der Waals surface area (Å²) in [4.78, 5) is 18.4. The number of anilines is 1. The monoisotopic (exact) mass is 292 g/mol. The van der Waals surface area contributed by atoms with Gasteiger partial charge in [0, 0.05) is 13.2 Å². The van der Waals surface area contributed by atoms with Crippen LogP contribution < -0.4 is 4.90 Å². The molecule has 1 fully saturated rings. The van der Waals surface area contributed by atoms with Gasteiger partial charge < -0.3 is 14.7 Å². The van der Waals surface area contributed by atoms with Crippen molar-refractivity contribution in [3.05, 3.63) is 24.4 Å². The predicted octanol–water partition coefficient (Wildman–Crippen LogP) is 2.00. The molecule has 0 amide bonds. The van der Waals surface area contributed by atoms with Gasteiger partial charge in [-0.15, -0.1) is 0 Å². The van der Waals surface area contributed by atoms with Crippen molar-refractivity contribution in [1.82, 2.24) is 4.98 Å². The number of hydrogen-bond acceptors (Lipinski definition) is 5. The van der Waals surface area contributed by atoms with E-state index in [-0.39, 0.29) is 5.97 Å². The predicted molar refractivity (Wildman–Crippen MR) is 81.0 cm³/mol. The Labute approximate surface area is 125 Å². The van der Waals surface area contributed by atoms with E-state index in [1.165, 1.54) is 0 Å². The van der Waals surface area contributed by atoms with E-state index < -0.39 is 11.5 Å². The number of aliphatic hydroxyl groups is 1. The largest absolute Gasteiger partial charge is 0.463 e. The van der Waals surface area contributed by atoms with E-state index in [2.05, 4.69) is 4.98 Å². The first-order valence-corrected chi connectivity index (χ1v) is 7.51. The molecule has 1 saturated carbocycles. The molecular weight excluding hydrogens is 268 g/mol. The fraction of sp³-hybridized carbons (Fsp3) is 0.625. The van der Waals surface area contributed by atoms with E-state index in [1.54, 1.807) is 6.20 Å². The molecule has 1 heterocycles. The number of nitrogens with zero attached hydrogens (tertiary/aromatic N) is 2. The summed E-state index contributed by atoms with van der Waals surface area (Å²) >= 11 is 0. The van der Waals surface area contributed by atoms with Crippen LogP contribution in [0.3, 0.4) is 0 Å². The third-order valence-electron chi connectivity index (χ3n) is 4.33. The van der Waals surface area contributed by atoms with Crippen LogP contribution in [0.15, 0.2) is 24.4 Å². The smallest absolute Gasteiger partial charge is 0.314 e. The van der Waals surface area contributed by atoms with Crippen LogP contribution in [0.4, 0.5) is 5.82 Å². The van der Waals surface area contributed by atoms with Crippen LogP contribution in [0.2, 0.25) is 0 Å². The number of pyridine rings is 1. The normalized spacial score (nSPS) is 25.4. The van der Waals surface area contributed by atoms with E-state index in [0.717, 1.165) is 18.7 Å². The fourth-order valence-electron chi connectivity index (χ4n) is 2.69. The zero-order valence-corrected chi connectivity index (χ0v) is 12.8. The highest BCUT2D eigenvalue weighted by Crippen LogP contribution is 2.37. The average Bonchev–Trinajstić information content (AvgIpc) is 2.51. The Balaban J connectivity index is 1.81. The van der Waals surface area contributed by atoms with Crippen LogP contribution in [0.1, 0.15) is 32.6 Å². The lowest BCUT2D eigenvalue weighted by molar-refractivity contribution is -0.164. The molecule has 0 aromatic carbocycles. The first-order valence-electron chi connectivity index (χ1n) is 7.51. The molecule has 1 aliphatic carbocycles. The second-order valence-electron chi connectivity index (χ2n) is 5.92. The molecule has 2 rings (SSSR count). The Bertz CT molecular complexity index is 466. The number of hydrogen-bond donors (Lipinski definition) is 1. The van der Waals surface area contributed by atoms with Crippen LogP contribution in [-0.2, 0) is 9.53 Å². The third-order valence-corrected chi connectivity index (χ3v) is 4.33. The van der Waals surface area contributed by atoms with E-state index in [0.29, 0.717) is 26.0 Å². The molecule has 5 heteroatoms. The molecule has 0 spiro atoms. The number of aliphatic hydroxyl groups excluding tert-OH is 1. The molecule has 0 unspecified atom stereocenters. The number of aromatic nitrogens is 1. The Morgan fingerprint density at radius 2 is 2.33 bits per heavy atom. The highest BCUT2D eigenvalue weighted by Gasteiger charge is 2.43. The van der Waals surface area contributed by atoms with Gasteiger partial charge in [0.1, 0.15) is 12.4 Å². The molecule has 21 heavy (non-hydrogen) atoms. The highest BCUT2D eigenvalue weighted by atomic mass is 16.5. The van der Waals surface area contributed by atoms with Crippen molar-refractivity contribution in [3.8, 4) is 0 Å². The van der Waals surface area contributed by atoms with Crippen molar-refractivity contribution in [3.63, 3.8) is 0 Å². The van der Waals surface area contributed by atoms with Gasteiger partial charge in [-0.25, -0.2) is 4.98 Å². The van der Waals surface area contributed by atoms with Crippen molar-refractivity contribution < 1.29 is 14.6 Å². The van der Waals surface area contributed by atoms with Gasteiger partial charge in [0.15, 0.2) is 0 Å². The summed E-state index contributed by atoms with van der Waals surface area (Å²) in [6.45, 7) is 2.69. The Hall–Kier alpha value is -1.62. The fourth-order valence-corrected chi connectivity index (χ4v) is 2.69. The zero-order chi connectivity index (χ0) is 15.3. The molecule has 1 aliphatic rings. The maximum Gasteiger partial charge on any atom is 0.314 e. The quantitative estimate of drug-likeness (QED) is 0.841. The van der Waals surface area contributed by atoms with Crippen molar-refractivity contribution in [2.45, 2.75) is 38.7 Å². The summed E-state index contributed by atoms with van der Waals surface area (Å²) in [5, 5.41) is 10.1. The van der Waals surface area contributed by atoms with E-state index in [4.69, 9.17) is 4.74 Å². The minimum atomic E-state index is -0.748. The zero-order valence-electron chi connectivity index (χ0n) is 12.8. The highest BCUT2D eigenvalue weighted by molar-refractivity contribution is 5.77. The summed E-state index contributed by atoms with van der Waals surface area (Å²) in [5.41, 5.74) is -0.748. The lowest BCUT2D eigenvalue weighted by Crippen LogP contribution is -2.44. The summed E-state index contributed by atoms with van der Waals surface area (Å²) in [6, 6.07) is 5.70. The maximum absolute atomic E-state index is 12.2. The standard InChI is InChI=1S/C16H24N2O3/c1-16(9-5-3-7-13(16)19)15(20)21-12-11-18(2)14-8-4-6-10-17-14/h4,6,8,10,13,19H,3,5,7,9,11-12H2,1-2H3/t13-,16-/m1/s1. The molecule has 1 aromatic heterocycles. The van der Waals surface area contributed by atoms with Crippen LogP contribution in [-0.4, -0.2) is 42.4 Å². The second-order valence-corrected chi connectivity index (χ2v) is 5.92. The van der Waals surface area contributed by atoms with Crippen LogP contribution in [0.25, 0.3) is 0 Å². The molecular formula is C16H24N2O3. The molecule has 2 atom stereocenters. The number of ether oxygens (including phenoxy) is 1. The van der Waals surface area contributed by atoms with E-state index in [9.17, 15) is 9.90 Å². The third kappa shape index (κ3) is 3.73. The summed E-state index contributed by atoms with van der Waals surface area (Å²) < 4.78 is 5.38. The Kier molecular flexibility index (Phi) is 5.17. The Morgan fingerprint density at radius 3 is 3.00 bits per heavy atom. The van der Waals surface area contributed by atoms with Gasteiger partial charge in [0.05, 0.1) is 18.1 Å². The maximum atomic E-state index is 12.2. The Morgan fingerprint density at radius 1 is 1.52 bits per heavy atom. The van der Waals surface area contributed by atoms with Gasteiger partial charge in [-0.2, -0.15) is 0 Å². The molecule has 0 saturated heterocycles. The minimum absolute atomic E-state index is 0.288. The number of esters is 1. The molecule has 1 aromatic rings. The van der Waals surface area contributed by atoms with Crippen LogP contribution in [0.5, 0.6) is 0 Å². The molecule has 1 N–H and O–H groups in total. The van der Waals surface area contributed by atoms with Crippen molar-refractivity contribution in [2.24, 2.45) is 5.41 Å². The lowest BCUT2D eigenvalue weighted by atomic mass is 9.73. The number of rotatable bonds is 5. The first kappa shape index (κ1) is 15.8. The average molecular weight is 292 g/mol. The van der Waals surface area contributed by atoms with Gasteiger partial charge in [-0.3, -0.25) is 4.79 Å².